The Labute approximate surface area is 225 Å². The van der Waals surface area contributed by atoms with Gasteiger partial charge < -0.3 is 5.11 Å². The fourth-order valence-corrected chi connectivity index (χ4v) is 5.74. The number of nitrogens with zero attached hydrogens (tertiary/aromatic N) is 2. The van der Waals surface area contributed by atoms with Gasteiger partial charge in [-0.25, -0.2) is 4.98 Å². The van der Waals surface area contributed by atoms with Crippen molar-refractivity contribution in [2.75, 3.05) is 4.90 Å². The fourth-order valence-electron chi connectivity index (χ4n) is 4.55. The lowest BCUT2D eigenvalue weighted by molar-refractivity contribution is -0.132. The Bertz CT molecular complexity index is 1550. The van der Waals surface area contributed by atoms with Gasteiger partial charge in [-0.15, -0.1) is 0 Å². The number of aromatic nitrogens is 1. The summed E-state index contributed by atoms with van der Waals surface area (Å²) in [7, 11) is 0. The largest absolute Gasteiger partial charge is 0.507 e. The molecule has 1 fully saturated rings. The minimum Gasteiger partial charge on any atom is -0.507 e. The Hall–Kier alpha value is -3.48. The van der Waals surface area contributed by atoms with Gasteiger partial charge in [0.05, 0.1) is 21.8 Å². The first kappa shape index (κ1) is 25.2. The Morgan fingerprint density at radius 3 is 2.32 bits per heavy atom. The third kappa shape index (κ3) is 4.56. The van der Waals surface area contributed by atoms with E-state index in [0.29, 0.717) is 15.7 Å². The Morgan fingerprint density at radius 2 is 1.70 bits per heavy atom. The predicted octanol–water partition coefficient (Wildman–Crippen LogP) is 7.44. The molecule has 1 N–H and O–H groups in total. The zero-order chi connectivity index (χ0) is 26.5. The number of ketones is 1. The molecule has 1 saturated heterocycles. The SMILES string of the molecule is CCc1ccc2nc(N3C(=O)C(=O)C(=C(O)c4ccc(Cl)cc4)[C@@H]3c3ccc(C(C)(C)C)cc3)sc2c1. The highest BCUT2D eigenvalue weighted by molar-refractivity contribution is 7.22. The van der Waals surface area contributed by atoms with Crippen molar-refractivity contribution in [2.45, 2.75) is 45.6 Å². The summed E-state index contributed by atoms with van der Waals surface area (Å²) < 4.78 is 0.941. The summed E-state index contributed by atoms with van der Waals surface area (Å²) in [5.74, 6) is -1.70. The van der Waals surface area contributed by atoms with Gasteiger partial charge in [0, 0.05) is 10.6 Å². The molecule has 1 atom stereocenters. The number of carbonyl (C=O) groups is 2. The van der Waals surface area contributed by atoms with E-state index in [1.165, 1.54) is 21.8 Å². The van der Waals surface area contributed by atoms with Crippen LogP contribution < -0.4 is 4.90 Å². The molecule has 1 aromatic heterocycles. The van der Waals surface area contributed by atoms with E-state index in [2.05, 4.69) is 33.8 Å². The molecular weight excluding hydrogens is 504 g/mol. The van der Waals surface area contributed by atoms with E-state index < -0.39 is 17.7 Å². The van der Waals surface area contributed by atoms with Crippen LogP contribution in [-0.4, -0.2) is 21.8 Å². The predicted molar refractivity (Wildman–Crippen MR) is 150 cm³/mol. The van der Waals surface area contributed by atoms with Gasteiger partial charge >= 0.3 is 5.91 Å². The minimum absolute atomic E-state index is 0.0318. The molecule has 4 aromatic rings. The van der Waals surface area contributed by atoms with Gasteiger partial charge in [0.2, 0.25) is 0 Å². The van der Waals surface area contributed by atoms with Gasteiger partial charge in [-0.05, 0) is 64.9 Å². The van der Waals surface area contributed by atoms with Crippen LogP contribution in [0, 0.1) is 0 Å². The first-order chi connectivity index (χ1) is 17.6. The first-order valence-electron chi connectivity index (χ1n) is 12.2. The van der Waals surface area contributed by atoms with E-state index in [0.717, 1.165) is 27.8 Å². The molecule has 2 heterocycles. The van der Waals surface area contributed by atoms with Crippen molar-refractivity contribution in [2.24, 2.45) is 0 Å². The normalized spacial score (nSPS) is 17.6. The second-order valence-electron chi connectivity index (χ2n) is 10.2. The standard InChI is InChI=1S/C30H27ClN2O3S/c1-5-17-6-15-22-23(16-17)37-29(32-22)33-25(18-7-11-20(12-8-18)30(2,3)4)24(27(35)28(33)36)26(34)19-9-13-21(31)14-10-19/h6-16,25,34H,5H2,1-4H3/t25-/m0/s1. The molecule has 1 aliphatic heterocycles. The number of fused-ring (bicyclic) bond motifs is 1. The number of aryl methyl sites for hydroxylation is 1. The number of anilines is 1. The van der Waals surface area contributed by atoms with Crippen LogP contribution in [0.4, 0.5) is 5.13 Å². The van der Waals surface area contributed by atoms with Crippen molar-refractivity contribution in [3.8, 4) is 0 Å². The molecular formula is C30H27ClN2O3S. The average Bonchev–Trinajstić information content (AvgIpc) is 3.41. The number of amides is 1. The van der Waals surface area contributed by atoms with Crippen molar-refractivity contribution in [1.82, 2.24) is 4.98 Å². The summed E-state index contributed by atoms with van der Waals surface area (Å²) in [5.41, 5.74) is 4.16. The second kappa shape index (κ2) is 9.43. The molecule has 1 amide bonds. The van der Waals surface area contributed by atoms with Crippen LogP contribution in [0.15, 0.2) is 72.3 Å². The summed E-state index contributed by atoms with van der Waals surface area (Å²) in [6.07, 6.45) is 0.884. The zero-order valence-electron chi connectivity index (χ0n) is 21.1. The van der Waals surface area contributed by atoms with Crippen molar-refractivity contribution in [3.05, 3.63) is 99.6 Å². The quantitative estimate of drug-likeness (QED) is 0.169. The molecule has 37 heavy (non-hydrogen) atoms. The number of halogens is 1. The maximum Gasteiger partial charge on any atom is 0.301 e. The van der Waals surface area contributed by atoms with Crippen LogP contribution in [0.1, 0.15) is 56.0 Å². The number of aliphatic hydroxyl groups is 1. The molecule has 0 unspecified atom stereocenters. The van der Waals surface area contributed by atoms with Gasteiger partial charge in [0.25, 0.3) is 5.78 Å². The van der Waals surface area contributed by atoms with E-state index in [1.807, 2.05) is 36.4 Å². The highest BCUT2D eigenvalue weighted by Gasteiger charge is 2.48. The van der Waals surface area contributed by atoms with Gasteiger partial charge in [0.15, 0.2) is 5.13 Å². The number of thiazole rings is 1. The molecule has 5 rings (SSSR count). The van der Waals surface area contributed by atoms with Crippen molar-refractivity contribution in [1.29, 1.82) is 0 Å². The topological polar surface area (TPSA) is 70.5 Å². The molecule has 0 radical (unpaired) electrons. The Morgan fingerprint density at radius 1 is 1.03 bits per heavy atom. The summed E-state index contributed by atoms with van der Waals surface area (Å²) in [6, 6.07) is 19.6. The average molecular weight is 531 g/mol. The van der Waals surface area contributed by atoms with E-state index >= 15 is 0 Å². The lowest BCUT2D eigenvalue weighted by Gasteiger charge is -2.24. The Kier molecular flexibility index (Phi) is 6.42. The summed E-state index contributed by atoms with van der Waals surface area (Å²) in [6.45, 7) is 8.46. The zero-order valence-corrected chi connectivity index (χ0v) is 22.7. The van der Waals surface area contributed by atoms with E-state index in [-0.39, 0.29) is 16.7 Å². The molecule has 188 valence electrons. The third-order valence-electron chi connectivity index (χ3n) is 6.71. The van der Waals surface area contributed by atoms with E-state index in [9.17, 15) is 14.7 Å². The number of carbonyl (C=O) groups excluding carboxylic acids is 2. The maximum atomic E-state index is 13.5. The van der Waals surface area contributed by atoms with Crippen LogP contribution in [0.25, 0.3) is 16.0 Å². The lowest BCUT2D eigenvalue weighted by atomic mass is 9.85. The summed E-state index contributed by atoms with van der Waals surface area (Å²) >= 11 is 7.40. The number of rotatable bonds is 4. The fraction of sp³-hybridized carbons (Fsp3) is 0.233. The van der Waals surface area contributed by atoms with Crippen molar-refractivity contribution < 1.29 is 14.7 Å². The van der Waals surface area contributed by atoms with Crippen molar-refractivity contribution >= 4 is 55.7 Å². The van der Waals surface area contributed by atoms with Gasteiger partial charge in [-0.2, -0.15) is 0 Å². The van der Waals surface area contributed by atoms with Crippen LogP contribution in [0.3, 0.4) is 0 Å². The number of aliphatic hydroxyl groups excluding tert-OH is 1. The maximum absolute atomic E-state index is 13.5. The molecule has 0 spiro atoms. The molecule has 5 nitrogen and oxygen atoms in total. The third-order valence-corrected chi connectivity index (χ3v) is 7.98. The monoisotopic (exact) mass is 530 g/mol. The molecule has 0 bridgehead atoms. The van der Waals surface area contributed by atoms with Crippen LogP contribution in [-0.2, 0) is 21.4 Å². The number of hydrogen-bond acceptors (Lipinski definition) is 5. The van der Waals surface area contributed by atoms with Gasteiger partial charge in [-0.3, -0.25) is 14.5 Å². The Balaban J connectivity index is 1.70. The highest BCUT2D eigenvalue weighted by Crippen LogP contribution is 2.44. The highest BCUT2D eigenvalue weighted by atomic mass is 35.5. The molecule has 1 aliphatic rings. The van der Waals surface area contributed by atoms with Gasteiger partial charge in [0.1, 0.15) is 5.76 Å². The minimum atomic E-state index is -0.823. The summed E-state index contributed by atoms with van der Waals surface area (Å²) in [4.78, 5) is 33.1. The van der Waals surface area contributed by atoms with Crippen LogP contribution in [0.2, 0.25) is 5.02 Å². The number of Topliss-reactive ketones (excluding diaryl/α,β-unsaturated/α-hetero) is 1. The lowest BCUT2D eigenvalue weighted by Crippen LogP contribution is -2.29. The van der Waals surface area contributed by atoms with Crippen molar-refractivity contribution in [3.63, 3.8) is 0 Å². The summed E-state index contributed by atoms with van der Waals surface area (Å²) in [5, 5.41) is 12.2. The van der Waals surface area contributed by atoms with Crippen LogP contribution in [0.5, 0.6) is 0 Å². The molecule has 7 heteroatoms. The molecule has 3 aromatic carbocycles. The van der Waals surface area contributed by atoms with Crippen LogP contribution >= 0.6 is 22.9 Å². The number of benzene rings is 3. The van der Waals surface area contributed by atoms with E-state index in [1.54, 1.807) is 24.3 Å². The molecule has 0 saturated carbocycles. The first-order valence-corrected chi connectivity index (χ1v) is 13.3. The van der Waals surface area contributed by atoms with E-state index in [4.69, 9.17) is 16.6 Å². The second-order valence-corrected chi connectivity index (χ2v) is 11.6. The van der Waals surface area contributed by atoms with Gasteiger partial charge in [-0.1, -0.05) is 81.0 Å². The molecule has 0 aliphatic carbocycles. The smallest absolute Gasteiger partial charge is 0.301 e. The number of hydrogen-bond donors (Lipinski definition) is 1.